The number of carbonyl (C=O) groups is 2. The second-order valence-corrected chi connectivity index (χ2v) is 15.4. The molecule has 0 aromatic heterocycles. The van der Waals surface area contributed by atoms with Crippen molar-refractivity contribution in [1.82, 2.24) is 0 Å². The molecule has 2 aliphatic carbocycles. The first-order chi connectivity index (χ1) is 21.1. The van der Waals surface area contributed by atoms with E-state index in [0.29, 0.717) is 25.0 Å². The molecule has 2 aliphatic heterocycles. The Morgan fingerprint density at radius 1 is 1.04 bits per heavy atom. The topological polar surface area (TPSA) is 128 Å². The first-order valence-corrected chi connectivity index (χ1v) is 16.7. The van der Waals surface area contributed by atoms with Gasteiger partial charge in [-0.15, -0.1) is 0 Å². The van der Waals surface area contributed by atoms with Crippen LogP contribution in [-0.4, -0.2) is 66.8 Å². The Morgan fingerprint density at radius 2 is 1.69 bits per heavy atom. The van der Waals surface area contributed by atoms with Crippen molar-refractivity contribution in [3.63, 3.8) is 0 Å². The summed E-state index contributed by atoms with van der Waals surface area (Å²) in [7, 11) is -4.09. The van der Waals surface area contributed by atoms with Crippen LogP contribution in [0.3, 0.4) is 0 Å². The molecule has 7 atom stereocenters. The molecule has 2 N–H and O–H groups in total. The summed E-state index contributed by atoms with van der Waals surface area (Å²) < 4.78 is 85.6. The molecular formula is C31H33ClF3NO8S. The van der Waals surface area contributed by atoms with Crippen molar-refractivity contribution in [2.24, 2.45) is 11.8 Å². The molecule has 244 valence electrons. The van der Waals surface area contributed by atoms with E-state index in [1.165, 1.54) is 12.1 Å². The predicted octanol–water partition coefficient (Wildman–Crippen LogP) is 4.97. The standard InChI is InChI=1S/C31H33ClF3NO8S/c1-30(2)43-24-14-42-27(28(24)44-30)23(37)7-8-31(39)16-4-5-17(31)11-19(10-16)45(40,41)25-9-15(3-6-20(25)32)29(38)36-18-12-21(33)26(35)22(34)13-18/h3,6,9,12-13,16-17,19,24,27-28,39H,4-5,7-8,10-11,14H2,1-2H3,(H,36,38)/t16-,17?,19?,24-,27+,28-,31?/m0/s1. The van der Waals surface area contributed by atoms with Gasteiger partial charge < -0.3 is 24.6 Å². The van der Waals surface area contributed by atoms with E-state index < -0.39 is 62.0 Å². The molecule has 2 saturated carbocycles. The largest absolute Gasteiger partial charge is 0.389 e. The van der Waals surface area contributed by atoms with Crippen LogP contribution in [0.5, 0.6) is 0 Å². The van der Waals surface area contributed by atoms with Crippen molar-refractivity contribution in [3.8, 4) is 0 Å². The van der Waals surface area contributed by atoms with Crippen LogP contribution in [-0.2, 0) is 28.8 Å². The van der Waals surface area contributed by atoms with Crippen LogP contribution in [0, 0.1) is 29.3 Å². The number of ether oxygens (including phenoxy) is 3. The molecule has 2 saturated heterocycles. The average molecular weight is 672 g/mol. The zero-order valence-corrected chi connectivity index (χ0v) is 26.1. The van der Waals surface area contributed by atoms with Crippen LogP contribution < -0.4 is 5.32 Å². The first kappa shape index (κ1) is 32.4. The highest BCUT2D eigenvalue weighted by Gasteiger charge is 2.57. The van der Waals surface area contributed by atoms with E-state index in [9.17, 15) is 36.3 Å². The van der Waals surface area contributed by atoms with Crippen LogP contribution in [0.4, 0.5) is 18.9 Å². The van der Waals surface area contributed by atoms with Crippen LogP contribution in [0.15, 0.2) is 35.2 Å². The minimum Gasteiger partial charge on any atom is -0.389 e. The van der Waals surface area contributed by atoms with Crippen LogP contribution >= 0.6 is 11.6 Å². The summed E-state index contributed by atoms with van der Waals surface area (Å²) in [4.78, 5) is 25.7. The first-order valence-electron chi connectivity index (χ1n) is 14.8. The number of fused-ring (bicyclic) bond motifs is 3. The fourth-order valence-corrected chi connectivity index (χ4v) is 9.83. The van der Waals surface area contributed by atoms with Gasteiger partial charge in [0.15, 0.2) is 38.9 Å². The molecule has 9 nitrogen and oxygen atoms in total. The van der Waals surface area contributed by atoms with E-state index in [0.717, 1.165) is 6.07 Å². The van der Waals surface area contributed by atoms with Gasteiger partial charge >= 0.3 is 0 Å². The van der Waals surface area contributed by atoms with Crippen molar-refractivity contribution < 1.29 is 50.5 Å². The summed E-state index contributed by atoms with van der Waals surface area (Å²) in [6.45, 7) is 3.79. The Bertz CT molecular complexity index is 1620. The van der Waals surface area contributed by atoms with Crippen molar-refractivity contribution in [1.29, 1.82) is 0 Å². The number of hydrogen-bond donors (Lipinski definition) is 2. The van der Waals surface area contributed by atoms with Gasteiger partial charge in [0, 0.05) is 29.8 Å². The molecule has 1 amide bonds. The maximum Gasteiger partial charge on any atom is 0.255 e. The van der Waals surface area contributed by atoms with Crippen LogP contribution in [0.25, 0.3) is 0 Å². The van der Waals surface area contributed by atoms with Crippen LogP contribution in [0.2, 0.25) is 5.02 Å². The van der Waals surface area contributed by atoms with E-state index >= 15 is 0 Å². The average Bonchev–Trinajstić information content (AvgIpc) is 3.51. The number of halogens is 4. The summed E-state index contributed by atoms with van der Waals surface area (Å²) in [6.07, 6.45) is 0.0400. The Kier molecular flexibility index (Phi) is 8.35. The van der Waals surface area contributed by atoms with Gasteiger partial charge in [0.1, 0.15) is 18.3 Å². The van der Waals surface area contributed by atoms with E-state index in [4.69, 9.17) is 25.8 Å². The van der Waals surface area contributed by atoms with E-state index in [1.54, 1.807) is 13.8 Å². The number of nitrogens with one attached hydrogen (secondary N) is 1. The Morgan fingerprint density at radius 3 is 2.33 bits per heavy atom. The second-order valence-electron chi connectivity index (χ2n) is 12.8. The third-order valence-electron chi connectivity index (χ3n) is 9.60. The highest BCUT2D eigenvalue weighted by Crippen LogP contribution is 2.54. The van der Waals surface area contributed by atoms with Gasteiger partial charge in [0.05, 0.1) is 27.4 Å². The molecule has 4 fully saturated rings. The molecule has 6 rings (SSSR count). The van der Waals surface area contributed by atoms with Gasteiger partial charge in [-0.25, -0.2) is 21.6 Å². The number of hydrogen-bond acceptors (Lipinski definition) is 8. The lowest BCUT2D eigenvalue weighted by molar-refractivity contribution is -0.178. The van der Waals surface area contributed by atoms with Gasteiger partial charge in [-0.1, -0.05) is 11.6 Å². The fourth-order valence-electron chi connectivity index (χ4n) is 7.43. The molecule has 2 heterocycles. The Labute approximate surface area is 263 Å². The van der Waals surface area contributed by atoms with Gasteiger partial charge in [-0.3, -0.25) is 9.59 Å². The highest BCUT2D eigenvalue weighted by molar-refractivity contribution is 7.92. The highest BCUT2D eigenvalue weighted by atomic mass is 35.5. The maximum atomic E-state index is 13.9. The number of aliphatic hydroxyl groups is 1. The summed E-state index contributed by atoms with van der Waals surface area (Å²) in [5.41, 5.74) is -1.73. The summed E-state index contributed by atoms with van der Waals surface area (Å²) in [5, 5.41) is 13.0. The van der Waals surface area contributed by atoms with Gasteiger partial charge in [-0.2, -0.15) is 0 Å². The van der Waals surface area contributed by atoms with E-state index in [1.807, 2.05) is 0 Å². The lowest BCUT2D eigenvalue weighted by Gasteiger charge is -2.42. The molecule has 0 spiro atoms. The predicted molar refractivity (Wildman–Crippen MR) is 155 cm³/mol. The number of anilines is 1. The summed E-state index contributed by atoms with van der Waals surface area (Å²) in [5.74, 6) is -7.32. The zero-order valence-electron chi connectivity index (χ0n) is 24.5. The number of benzene rings is 2. The molecule has 2 bridgehead atoms. The molecule has 2 aromatic rings. The van der Waals surface area contributed by atoms with Crippen molar-refractivity contribution in [2.45, 2.75) is 92.2 Å². The van der Waals surface area contributed by atoms with Crippen LogP contribution in [0.1, 0.15) is 62.7 Å². The lowest BCUT2D eigenvalue weighted by Crippen LogP contribution is -2.48. The zero-order chi connectivity index (χ0) is 32.5. The third kappa shape index (κ3) is 5.91. The van der Waals surface area contributed by atoms with Gasteiger partial charge in [-0.05, 0) is 76.0 Å². The minimum absolute atomic E-state index is 0.0451. The number of amides is 1. The number of sulfone groups is 1. The van der Waals surface area contributed by atoms with Crippen molar-refractivity contribution in [2.75, 3.05) is 11.9 Å². The quantitative estimate of drug-likeness (QED) is 0.377. The summed E-state index contributed by atoms with van der Waals surface area (Å²) in [6, 6.07) is 4.80. The van der Waals surface area contributed by atoms with Gasteiger partial charge in [0.2, 0.25) is 0 Å². The Balaban J connectivity index is 1.13. The SMILES string of the molecule is CC1(C)O[C@H]2[C@H](CO[C@@H]2C(=O)CCC2(O)C3CC[C@H]2CC(S(=O)(=O)c2cc(C(=O)Nc4cc(F)c(F)c(F)c4)ccc2Cl)C3)O1. The molecule has 45 heavy (non-hydrogen) atoms. The molecule has 14 heteroatoms. The smallest absolute Gasteiger partial charge is 0.255 e. The van der Waals surface area contributed by atoms with E-state index in [2.05, 4.69) is 5.32 Å². The lowest BCUT2D eigenvalue weighted by atomic mass is 9.71. The minimum atomic E-state index is -4.09. The molecule has 2 aromatic carbocycles. The second kappa shape index (κ2) is 11.6. The van der Waals surface area contributed by atoms with Crippen molar-refractivity contribution in [3.05, 3.63) is 58.4 Å². The third-order valence-corrected chi connectivity index (χ3v) is 12.3. The Hall–Kier alpha value is -2.55. The molecule has 4 aliphatic rings. The van der Waals surface area contributed by atoms with Crippen molar-refractivity contribution >= 4 is 38.8 Å². The fraction of sp³-hybridized carbons (Fsp3) is 0.548. The van der Waals surface area contributed by atoms with Gasteiger partial charge in [0.25, 0.3) is 5.91 Å². The molecule has 3 unspecified atom stereocenters. The monoisotopic (exact) mass is 671 g/mol. The van der Waals surface area contributed by atoms with E-state index in [-0.39, 0.29) is 77.2 Å². The summed E-state index contributed by atoms with van der Waals surface area (Å²) >= 11 is 6.30. The molecule has 0 radical (unpaired) electrons. The number of carbonyl (C=O) groups excluding carboxylic acids is 2. The normalized spacial score (nSPS) is 32.0. The maximum absolute atomic E-state index is 13.9. The number of ketones is 1. The number of rotatable bonds is 8. The molecular weight excluding hydrogens is 639 g/mol. The number of Topliss-reactive ketones (excluding diaryl/α,β-unsaturated/α-hetero) is 1.